The third-order valence-corrected chi connectivity index (χ3v) is 2.17. The zero-order chi connectivity index (χ0) is 8.10. The average Bonchev–Trinajstić information content (AvgIpc) is 2.04. The number of quaternary nitrogens is 1. The van der Waals surface area contributed by atoms with Gasteiger partial charge in [-0.1, -0.05) is 13.3 Å². The molecule has 0 aromatic carbocycles. The van der Waals surface area contributed by atoms with Gasteiger partial charge in [-0.15, -0.1) is 0 Å². The van der Waals surface area contributed by atoms with Crippen molar-refractivity contribution < 1.29 is 4.90 Å². The zero-order valence-corrected chi connectivity index (χ0v) is 7.76. The summed E-state index contributed by atoms with van der Waals surface area (Å²) in [6.07, 6.45) is 2.57. The third-order valence-electron chi connectivity index (χ3n) is 1.88. The lowest BCUT2D eigenvalue weighted by atomic mass is 10.3. The van der Waals surface area contributed by atoms with Crippen LogP contribution in [0.5, 0.6) is 0 Å². The molecule has 3 N–H and O–H groups in total. The molecule has 0 aliphatic carbocycles. The van der Waals surface area contributed by atoms with E-state index in [1.165, 1.54) is 19.4 Å². The van der Waals surface area contributed by atoms with E-state index in [9.17, 15) is 0 Å². The lowest BCUT2D eigenvalue weighted by Crippen LogP contribution is -3.17. The lowest BCUT2D eigenvalue weighted by molar-refractivity contribution is -0.906. The molecule has 1 aliphatic heterocycles. The van der Waals surface area contributed by atoms with Gasteiger partial charge in [-0.25, -0.2) is 0 Å². The second-order valence-corrected chi connectivity index (χ2v) is 3.30. The number of hydrogen-bond donors (Lipinski definition) is 3. The van der Waals surface area contributed by atoms with Crippen LogP contribution in [-0.4, -0.2) is 25.0 Å². The lowest BCUT2D eigenvalue weighted by Gasteiger charge is -2.26. The Bertz CT molecular complexity index is 128. The first-order chi connectivity index (χ1) is 5.33. The summed E-state index contributed by atoms with van der Waals surface area (Å²) in [7, 11) is 0. The van der Waals surface area contributed by atoms with Crippen molar-refractivity contribution in [2.24, 2.45) is 0 Å². The fourth-order valence-electron chi connectivity index (χ4n) is 1.14. The molecule has 1 rings (SSSR count). The SMILES string of the molecule is CCCC[NH+]1CNC(=S)NC1. The molecule has 4 heteroatoms. The molecular formula is C7H16N3S+. The molecule has 0 amide bonds. The Labute approximate surface area is 73.1 Å². The standard InChI is InChI=1S/C7H15N3S/c1-2-3-4-10-5-8-7(11)9-6-10/h2-6H2,1H3,(H2,8,9,11)/p+1. The van der Waals surface area contributed by atoms with E-state index in [0.717, 1.165) is 18.4 Å². The maximum atomic E-state index is 4.94. The predicted molar refractivity (Wildman–Crippen MR) is 49.3 cm³/mol. The smallest absolute Gasteiger partial charge is 0.174 e. The molecule has 3 nitrogen and oxygen atoms in total. The van der Waals surface area contributed by atoms with Gasteiger partial charge in [0.05, 0.1) is 6.54 Å². The van der Waals surface area contributed by atoms with Crippen molar-refractivity contribution in [2.45, 2.75) is 19.8 Å². The summed E-state index contributed by atoms with van der Waals surface area (Å²) >= 11 is 4.94. The number of unbranched alkanes of at least 4 members (excludes halogenated alkanes) is 1. The van der Waals surface area contributed by atoms with Crippen LogP contribution in [0.3, 0.4) is 0 Å². The second-order valence-electron chi connectivity index (χ2n) is 2.89. The van der Waals surface area contributed by atoms with Crippen molar-refractivity contribution >= 4 is 17.3 Å². The molecule has 0 aromatic heterocycles. The van der Waals surface area contributed by atoms with Crippen LogP contribution in [0.15, 0.2) is 0 Å². The molecule has 0 aromatic rings. The number of rotatable bonds is 3. The molecule has 0 unspecified atom stereocenters. The van der Waals surface area contributed by atoms with Gasteiger partial charge in [-0.2, -0.15) is 0 Å². The van der Waals surface area contributed by atoms with E-state index < -0.39 is 0 Å². The highest BCUT2D eigenvalue weighted by atomic mass is 32.1. The van der Waals surface area contributed by atoms with Gasteiger partial charge in [-0.05, 0) is 18.6 Å². The van der Waals surface area contributed by atoms with Gasteiger partial charge in [0.1, 0.15) is 0 Å². The quantitative estimate of drug-likeness (QED) is 0.483. The Hall–Kier alpha value is -0.350. The highest BCUT2D eigenvalue weighted by Gasteiger charge is 2.12. The van der Waals surface area contributed by atoms with E-state index in [2.05, 4.69) is 17.6 Å². The molecule has 0 bridgehead atoms. The molecule has 1 saturated heterocycles. The van der Waals surface area contributed by atoms with Gasteiger partial charge in [0.25, 0.3) is 0 Å². The van der Waals surface area contributed by atoms with Crippen molar-refractivity contribution in [1.82, 2.24) is 10.6 Å². The minimum Gasteiger partial charge on any atom is -0.316 e. The van der Waals surface area contributed by atoms with E-state index in [0.29, 0.717) is 0 Å². The number of hydrogen-bond acceptors (Lipinski definition) is 1. The Morgan fingerprint density at radius 1 is 1.45 bits per heavy atom. The summed E-state index contributed by atoms with van der Waals surface area (Å²) in [4.78, 5) is 1.54. The average molecular weight is 174 g/mol. The minimum absolute atomic E-state index is 0.797. The molecule has 11 heavy (non-hydrogen) atoms. The van der Waals surface area contributed by atoms with Crippen molar-refractivity contribution in [3.8, 4) is 0 Å². The second kappa shape index (κ2) is 4.51. The topological polar surface area (TPSA) is 28.5 Å². The van der Waals surface area contributed by atoms with Crippen molar-refractivity contribution in [3.63, 3.8) is 0 Å². The Kier molecular flexibility index (Phi) is 3.59. The van der Waals surface area contributed by atoms with Gasteiger partial charge in [-0.3, -0.25) is 0 Å². The van der Waals surface area contributed by atoms with E-state index in [1.54, 1.807) is 4.90 Å². The molecule has 0 radical (unpaired) electrons. The summed E-state index contributed by atoms with van der Waals surface area (Å²) < 4.78 is 0. The number of nitrogens with one attached hydrogen (secondary N) is 3. The summed E-state index contributed by atoms with van der Waals surface area (Å²) in [6.45, 7) is 5.41. The fourth-order valence-corrected chi connectivity index (χ4v) is 1.28. The van der Waals surface area contributed by atoms with Gasteiger partial charge in [0.2, 0.25) is 0 Å². The van der Waals surface area contributed by atoms with Gasteiger partial charge in [0, 0.05) is 0 Å². The molecule has 0 saturated carbocycles. The van der Waals surface area contributed by atoms with E-state index in [-0.39, 0.29) is 0 Å². The molecule has 1 aliphatic rings. The molecule has 64 valence electrons. The van der Waals surface area contributed by atoms with Gasteiger partial charge >= 0.3 is 0 Å². The fraction of sp³-hybridized carbons (Fsp3) is 0.857. The third kappa shape index (κ3) is 3.03. The summed E-state index contributed by atoms with van der Waals surface area (Å²) in [5, 5.41) is 7.05. The van der Waals surface area contributed by atoms with Crippen LogP contribution in [0, 0.1) is 0 Å². The van der Waals surface area contributed by atoms with E-state index in [1.807, 2.05) is 0 Å². The predicted octanol–water partition coefficient (Wildman–Crippen LogP) is -0.936. The summed E-state index contributed by atoms with van der Waals surface area (Å²) in [5.41, 5.74) is 0. The molecule has 0 atom stereocenters. The van der Waals surface area contributed by atoms with Crippen LogP contribution in [0.25, 0.3) is 0 Å². The maximum absolute atomic E-state index is 4.94. The number of thiocarbonyl (C=S) groups is 1. The molecule has 1 heterocycles. The van der Waals surface area contributed by atoms with Crippen molar-refractivity contribution in [1.29, 1.82) is 0 Å². The Morgan fingerprint density at radius 2 is 2.09 bits per heavy atom. The normalized spacial score (nSPS) is 19.2. The first-order valence-electron chi connectivity index (χ1n) is 4.18. The maximum Gasteiger partial charge on any atom is 0.174 e. The monoisotopic (exact) mass is 174 g/mol. The van der Waals surface area contributed by atoms with E-state index in [4.69, 9.17) is 12.2 Å². The van der Waals surface area contributed by atoms with Crippen LogP contribution < -0.4 is 15.5 Å². The van der Waals surface area contributed by atoms with Crippen LogP contribution in [0.2, 0.25) is 0 Å². The first kappa shape index (κ1) is 8.74. The van der Waals surface area contributed by atoms with Crippen LogP contribution in [0.1, 0.15) is 19.8 Å². The van der Waals surface area contributed by atoms with Gasteiger partial charge in [0.15, 0.2) is 18.4 Å². The summed E-state index contributed by atoms with van der Waals surface area (Å²) in [5.74, 6) is 0. The van der Waals surface area contributed by atoms with Crippen molar-refractivity contribution in [3.05, 3.63) is 0 Å². The minimum atomic E-state index is 0.797. The Morgan fingerprint density at radius 3 is 2.64 bits per heavy atom. The zero-order valence-electron chi connectivity index (χ0n) is 6.94. The van der Waals surface area contributed by atoms with E-state index >= 15 is 0 Å². The Balaban J connectivity index is 2.12. The highest BCUT2D eigenvalue weighted by molar-refractivity contribution is 7.80. The highest BCUT2D eigenvalue weighted by Crippen LogP contribution is 1.79. The largest absolute Gasteiger partial charge is 0.316 e. The molecule has 0 spiro atoms. The van der Waals surface area contributed by atoms with Crippen LogP contribution in [0.4, 0.5) is 0 Å². The summed E-state index contributed by atoms with van der Waals surface area (Å²) in [6, 6.07) is 0. The van der Waals surface area contributed by atoms with Crippen LogP contribution >= 0.6 is 12.2 Å². The molecular weight excluding hydrogens is 158 g/mol. The van der Waals surface area contributed by atoms with Crippen LogP contribution in [-0.2, 0) is 0 Å². The van der Waals surface area contributed by atoms with Gasteiger partial charge < -0.3 is 15.5 Å². The first-order valence-corrected chi connectivity index (χ1v) is 4.59. The molecule has 1 fully saturated rings. The van der Waals surface area contributed by atoms with Crippen molar-refractivity contribution in [2.75, 3.05) is 19.9 Å².